The Bertz CT molecular complexity index is 1310. The number of nitrogens with zero attached hydrogens (tertiary/aromatic N) is 2. The van der Waals surface area contributed by atoms with Crippen LogP contribution < -0.4 is 14.8 Å². The monoisotopic (exact) mass is 555 g/mol. The highest BCUT2D eigenvalue weighted by Crippen LogP contribution is 2.38. The van der Waals surface area contributed by atoms with E-state index >= 15 is 4.39 Å². The summed E-state index contributed by atoms with van der Waals surface area (Å²) in [5.74, 6) is 0.437. The Kier molecular flexibility index (Phi) is 8.58. The topological polar surface area (TPSA) is 91.8 Å². The molecule has 10 heteroatoms. The Morgan fingerprint density at radius 2 is 1.95 bits per heavy atom. The lowest BCUT2D eigenvalue weighted by Crippen LogP contribution is -2.55. The first-order valence-electron chi connectivity index (χ1n) is 13.1. The molecule has 2 aromatic heterocycles. The number of alkyl halides is 1. The molecule has 0 aliphatic carbocycles. The maximum Gasteiger partial charge on any atom is 0.270 e. The molecule has 1 fully saturated rings. The molecule has 1 N–H and O–H groups in total. The molecule has 1 aromatic carbocycles. The van der Waals surface area contributed by atoms with Crippen LogP contribution >= 0.6 is 0 Å². The van der Waals surface area contributed by atoms with Crippen LogP contribution in [0.5, 0.6) is 11.6 Å². The van der Waals surface area contributed by atoms with E-state index < -0.39 is 20.4 Å². The number of fused-ring (bicyclic) bond motifs is 1. The number of para-hydroxylation sites is 1. The fraction of sp³-hybridized carbons (Fsp3) is 0.483. The van der Waals surface area contributed by atoms with Gasteiger partial charge in [0.2, 0.25) is 5.88 Å². The molecule has 4 rings (SSSR count). The van der Waals surface area contributed by atoms with Gasteiger partial charge in [0, 0.05) is 35.4 Å². The molecule has 1 aliphatic rings. The van der Waals surface area contributed by atoms with E-state index in [1.807, 2.05) is 0 Å². The highest BCUT2D eigenvalue weighted by atomic mass is 28.4. The summed E-state index contributed by atoms with van der Waals surface area (Å²) >= 11 is 0. The van der Waals surface area contributed by atoms with Gasteiger partial charge in [-0.2, -0.15) is 0 Å². The standard InChI is InChI=1S/C29H38FN3O5Si/c1-29(2,3)39(6,7)38-24-17-37-14-13-21(24)33-28(34)22-15-20(19-9-8-10-23(35-4)27(19)32-22)26(30)18-11-12-25(36-5)31-16-18/h8-12,15-16,21,24,26H,13-14,17H2,1-7H3,(H,33,34). The maximum absolute atomic E-state index is 16.0. The smallest absolute Gasteiger partial charge is 0.270 e. The van der Waals surface area contributed by atoms with Gasteiger partial charge in [0.05, 0.1) is 33.0 Å². The minimum absolute atomic E-state index is 0.0107. The van der Waals surface area contributed by atoms with Gasteiger partial charge in [-0.3, -0.25) is 4.79 Å². The molecule has 1 saturated heterocycles. The second-order valence-electron chi connectivity index (χ2n) is 11.3. The van der Waals surface area contributed by atoms with Crippen molar-refractivity contribution >= 4 is 25.1 Å². The second kappa shape index (κ2) is 11.6. The van der Waals surface area contributed by atoms with Crippen LogP contribution in [-0.2, 0) is 9.16 Å². The third-order valence-corrected chi connectivity index (χ3v) is 12.2. The van der Waals surface area contributed by atoms with E-state index in [1.165, 1.54) is 26.5 Å². The predicted octanol–water partition coefficient (Wildman–Crippen LogP) is 5.62. The van der Waals surface area contributed by atoms with E-state index in [4.69, 9.17) is 18.6 Å². The number of aromatic nitrogens is 2. The number of halogens is 1. The molecule has 0 spiro atoms. The van der Waals surface area contributed by atoms with Gasteiger partial charge in [0.1, 0.15) is 17.0 Å². The van der Waals surface area contributed by atoms with Crippen molar-refractivity contribution in [3.05, 3.63) is 59.4 Å². The number of rotatable bonds is 8. The zero-order valence-corrected chi connectivity index (χ0v) is 24.7. The molecule has 3 aromatic rings. The van der Waals surface area contributed by atoms with E-state index in [1.54, 1.807) is 30.3 Å². The Morgan fingerprint density at radius 3 is 2.59 bits per heavy atom. The molecule has 8 nitrogen and oxygen atoms in total. The van der Waals surface area contributed by atoms with Crippen molar-refractivity contribution < 1.29 is 27.8 Å². The third-order valence-electron chi connectivity index (χ3n) is 7.69. The maximum atomic E-state index is 16.0. The molecule has 0 bridgehead atoms. The van der Waals surface area contributed by atoms with E-state index in [2.05, 4.69) is 49.1 Å². The van der Waals surface area contributed by atoms with Crippen LogP contribution in [-0.4, -0.2) is 63.8 Å². The summed E-state index contributed by atoms with van der Waals surface area (Å²) in [6, 6.07) is 9.76. The van der Waals surface area contributed by atoms with E-state index in [9.17, 15) is 4.79 Å². The number of nitrogens with one attached hydrogen (secondary N) is 1. The molecule has 0 saturated carbocycles. The van der Waals surface area contributed by atoms with Crippen LogP contribution in [0.4, 0.5) is 4.39 Å². The summed E-state index contributed by atoms with van der Waals surface area (Å²) < 4.78 is 39.0. The first-order valence-corrected chi connectivity index (χ1v) is 16.0. The van der Waals surface area contributed by atoms with Gasteiger partial charge < -0.3 is 24.0 Å². The highest BCUT2D eigenvalue weighted by molar-refractivity contribution is 6.74. The second-order valence-corrected chi connectivity index (χ2v) is 16.1. The zero-order valence-electron chi connectivity index (χ0n) is 23.7. The van der Waals surface area contributed by atoms with Crippen LogP contribution in [0.2, 0.25) is 18.1 Å². The molecule has 3 unspecified atom stereocenters. The van der Waals surface area contributed by atoms with Gasteiger partial charge in [0.15, 0.2) is 14.5 Å². The average molecular weight is 556 g/mol. The fourth-order valence-corrected chi connectivity index (χ4v) is 5.71. The summed E-state index contributed by atoms with van der Waals surface area (Å²) in [4.78, 5) is 22.4. The minimum Gasteiger partial charge on any atom is -0.494 e. The van der Waals surface area contributed by atoms with Crippen molar-refractivity contribution in [1.82, 2.24) is 15.3 Å². The number of carbonyl (C=O) groups is 1. The zero-order chi connectivity index (χ0) is 28.4. The number of ether oxygens (including phenoxy) is 3. The van der Waals surface area contributed by atoms with Crippen LogP contribution in [0.15, 0.2) is 42.6 Å². The van der Waals surface area contributed by atoms with Gasteiger partial charge >= 0.3 is 0 Å². The van der Waals surface area contributed by atoms with Crippen molar-refractivity contribution in [2.24, 2.45) is 0 Å². The lowest BCUT2D eigenvalue weighted by atomic mass is 9.98. The molecule has 3 atom stereocenters. The largest absolute Gasteiger partial charge is 0.494 e. The van der Waals surface area contributed by atoms with Gasteiger partial charge in [0.25, 0.3) is 5.91 Å². The lowest BCUT2D eigenvalue weighted by Gasteiger charge is -2.42. The van der Waals surface area contributed by atoms with E-state index in [0.717, 1.165) is 0 Å². The molecule has 1 amide bonds. The Morgan fingerprint density at radius 1 is 1.18 bits per heavy atom. The predicted molar refractivity (Wildman–Crippen MR) is 151 cm³/mol. The third kappa shape index (κ3) is 6.23. The van der Waals surface area contributed by atoms with Crippen molar-refractivity contribution in [3.8, 4) is 11.6 Å². The van der Waals surface area contributed by atoms with Crippen LogP contribution in [0, 0.1) is 0 Å². The normalized spacial score (nSPS) is 19.0. The van der Waals surface area contributed by atoms with Crippen molar-refractivity contribution in [1.29, 1.82) is 0 Å². The molecule has 0 radical (unpaired) electrons. The van der Waals surface area contributed by atoms with Crippen LogP contribution in [0.1, 0.15) is 55.0 Å². The molecular formula is C29H38FN3O5Si. The van der Waals surface area contributed by atoms with Crippen molar-refractivity contribution in [2.45, 2.75) is 63.6 Å². The lowest BCUT2D eigenvalue weighted by molar-refractivity contribution is -0.0196. The fourth-order valence-electron chi connectivity index (χ4n) is 4.37. The Hall–Kier alpha value is -3.08. The average Bonchev–Trinajstić information content (AvgIpc) is 2.92. The Balaban J connectivity index is 1.68. The molecule has 1 aliphatic heterocycles. The number of hydrogen-bond donors (Lipinski definition) is 1. The highest BCUT2D eigenvalue weighted by Gasteiger charge is 2.42. The van der Waals surface area contributed by atoms with Gasteiger partial charge in [-0.1, -0.05) is 32.9 Å². The van der Waals surface area contributed by atoms with E-state index in [-0.39, 0.29) is 22.9 Å². The van der Waals surface area contributed by atoms with Crippen molar-refractivity contribution in [3.63, 3.8) is 0 Å². The first kappa shape index (κ1) is 28.9. The number of benzene rings is 1. The summed E-state index contributed by atoms with van der Waals surface area (Å²) in [6.07, 6.45) is 0.209. The summed E-state index contributed by atoms with van der Waals surface area (Å²) in [6.45, 7) is 11.8. The van der Waals surface area contributed by atoms with Gasteiger partial charge in [-0.15, -0.1) is 0 Å². The molecule has 39 heavy (non-hydrogen) atoms. The molecule has 210 valence electrons. The number of carbonyl (C=O) groups excluding carboxylic acids is 1. The Labute approximate surface area is 230 Å². The van der Waals surface area contributed by atoms with Crippen LogP contribution in [0.3, 0.4) is 0 Å². The summed E-state index contributed by atoms with van der Waals surface area (Å²) in [5, 5.41) is 3.67. The number of hydrogen-bond acceptors (Lipinski definition) is 7. The number of pyridine rings is 2. The molecule has 3 heterocycles. The van der Waals surface area contributed by atoms with E-state index in [0.29, 0.717) is 53.3 Å². The van der Waals surface area contributed by atoms with Crippen LogP contribution in [0.25, 0.3) is 10.9 Å². The molecular weight excluding hydrogens is 517 g/mol. The number of amides is 1. The SMILES string of the molecule is COc1ccc(C(F)c2cc(C(=O)NC3CCOCC3O[Si](C)(C)C(C)(C)C)nc3c(OC)cccc23)cn1. The summed E-state index contributed by atoms with van der Waals surface area (Å²) in [7, 11) is 0.915. The minimum atomic E-state index is -2.11. The van der Waals surface area contributed by atoms with Crippen molar-refractivity contribution in [2.75, 3.05) is 27.4 Å². The number of methoxy groups -OCH3 is 2. The quantitative estimate of drug-likeness (QED) is 0.361. The van der Waals surface area contributed by atoms with Gasteiger partial charge in [-0.25, -0.2) is 14.4 Å². The summed E-state index contributed by atoms with van der Waals surface area (Å²) in [5.41, 5.74) is 1.15. The van der Waals surface area contributed by atoms with Gasteiger partial charge in [-0.05, 0) is 42.8 Å². The first-order chi connectivity index (χ1) is 18.4.